The number of nitrogens with two attached hydrogens (primary N) is 1. The van der Waals surface area contributed by atoms with Crippen molar-refractivity contribution in [3.63, 3.8) is 0 Å². The fourth-order valence-corrected chi connectivity index (χ4v) is 2.37. The molecule has 98 valence electrons. The Balaban J connectivity index is 2.02. The van der Waals surface area contributed by atoms with Crippen LogP contribution in [0.4, 0.5) is 5.13 Å². The number of anilines is 1. The number of hydrogen-bond donors (Lipinski definition) is 2. The number of hydrogen-bond acceptors (Lipinski definition) is 7. The van der Waals surface area contributed by atoms with Gasteiger partial charge in [0.1, 0.15) is 5.01 Å². The van der Waals surface area contributed by atoms with Gasteiger partial charge in [-0.15, -0.1) is 10.2 Å². The third kappa shape index (κ3) is 2.41. The maximum atomic E-state index is 11.8. The number of likely N-dealkylation sites (N-methyl/N-ethyl adjacent to an activating group) is 1. The van der Waals surface area contributed by atoms with Gasteiger partial charge in [-0.1, -0.05) is 11.3 Å². The molecule has 0 atom stereocenters. The highest BCUT2D eigenvalue weighted by molar-refractivity contribution is 7.15. The van der Waals surface area contributed by atoms with Gasteiger partial charge in [-0.05, 0) is 6.92 Å². The molecule has 0 aliphatic carbocycles. The Kier molecular flexibility index (Phi) is 3.72. The quantitative estimate of drug-likeness (QED) is 0.414. The SMILES string of the molecule is CCN1CCN(Cc2nnc(NN)s2)C(=O)C1=O. The van der Waals surface area contributed by atoms with Crippen molar-refractivity contribution in [1.82, 2.24) is 20.0 Å². The van der Waals surface area contributed by atoms with E-state index in [0.29, 0.717) is 36.3 Å². The Morgan fingerprint density at radius 1 is 1.28 bits per heavy atom. The Labute approximate surface area is 108 Å². The van der Waals surface area contributed by atoms with Gasteiger partial charge < -0.3 is 9.80 Å². The van der Waals surface area contributed by atoms with Crippen molar-refractivity contribution in [1.29, 1.82) is 0 Å². The average molecular weight is 270 g/mol. The molecule has 0 aromatic carbocycles. The molecule has 0 unspecified atom stereocenters. The molecule has 18 heavy (non-hydrogen) atoms. The number of aromatic nitrogens is 2. The van der Waals surface area contributed by atoms with Gasteiger partial charge in [-0.3, -0.25) is 15.0 Å². The largest absolute Gasteiger partial charge is 0.333 e. The zero-order chi connectivity index (χ0) is 13.1. The molecule has 1 fully saturated rings. The van der Waals surface area contributed by atoms with Gasteiger partial charge in [0, 0.05) is 19.6 Å². The van der Waals surface area contributed by atoms with Crippen LogP contribution in [-0.2, 0) is 16.1 Å². The van der Waals surface area contributed by atoms with Crippen molar-refractivity contribution < 1.29 is 9.59 Å². The predicted octanol–water partition coefficient (Wildman–Crippen LogP) is -0.986. The summed E-state index contributed by atoms with van der Waals surface area (Å²) in [5.41, 5.74) is 2.39. The lowest BCUT2D eigenvalue weighted by atomic mass is 10.3. The van der Waals surface area contributed by atoms with Crippen LogP contribution in [0.15, 0.2) is 0 Å². The first-order valence-electron chi connectivity index (χ1n) is 5.53. The molecule has 0 spiro atoms. The molecule has 1 aliphatic rings. The number of nitrogen functional groups attached to an aromatic ring is 1. The Bertz CT molecular complexity index is 462. The zero-order valence-electron chi connectivity index (χ0n) is 9.92. The van der Waals surface area contributed by atoms with Crippen molar-refractivity contribution in [2.75, 3.05) is 25.1 Å². The van der Waals surface area contributed by atoms with Crippen LogP contribution >= 0.6 is 11.3 Å². The summed E-state index contributed by atoms with van der Waals surface area (Å²) in [7, 11) is 0. The van der Waals surface area contributed by atoms with E-state index in [9.17, 15) is 9.59 Å². The lowest BCUT2D eigenvalue weighted by molar-refractivity contribution is -0.156. The molecule has 1 aromatic rings. The van der Waals surface area contributed by atoms with Crippen molar-refractivity contribution in [3.8, 4) is 0 Å². The van der Waals surface area contributed by atoms with Gasteiger partial charge in [-0.25, -0.2) is 5.84 Å². The molecule has 1 saturated heterocycles. The predicted molar refractivity (Wildman–Crippen MR) is 65.4 cm³/mol. The second-order valence-electron chi connectivity index (χ2n) is 3.76. The van der Waals surface area contributed by atoms with Gasteiger partial charge in [0.15, 0.2) is 0 Å². The molecule has 0 saturated carbocycles. The van der Waals surface area contributed by atoms with Crippen LogP contribution in [0.2, 0.25) is 0 Å². The van der Waals surface area contributed by atoms with Crippen LogP contribution in [0.5, 0.6) is 0 Å². The highest BCUT2D eigenvalue weighted by Crippen LogP contribution is 2.17. The van der Waals surface area contributed by atoms with E-state index < -0.39 is 11.8 Å². The molecule has 9 heteroatoms. The highest BCUT2D eigenvalue weighted by atomic mass is 32.1. The molecule has 3 N–H and O–H groups in total. The summed E-state index contributed by atoms with van der Waals surface area (Å²) in [6.45, 7) is 3.77. The summed E-state index contributed by atoms with van der Waals surface area (Å²) < 4.78 is 0. The van der Waals surface area contributed by atoms with Crippen LogP contribution in [0.25, 0.3) is 0 Å². The molecule has 1 aromatic heterocycles. The first kappa shape index (κ1) is 12.7. The monoisotopic (exact) mass is 270 g/mol. The molecule has 2 amide bonds. The molecule has 2 heterocycles. The second kappa shape index (κ2) is 5.27. The van der Waals surface area contributed by atoms with E-state index >= 15 is 0 Å². The third-order valence-corrected chi connectivity index (χ3v) is 3.53. The molecule has 1 aliphatic heterocycles. The van der Waals surface area contributed by atoms with E-state index in [1.165, 1.54) is 21.1 Å². The lowest BCUT2D eigenvalue weighted by Gasteiger charge is -2.32. The van der Waals surface area contributed by atoms with Crippen LogP contribution in [0.1, 0.15) is 11.9 Å². The minimum Gasteiger partial charge on any atom is -0.333 e. The fourth-order valence-electron chi connectivity index (χ4n) is 1.71. The van der Waals surface area contributed by atoms with Crippen LogP contribution < -0.4 is 11.3 Å². The van der Waals surface area contributed by atoms with Gasteiger partial charge >= 0.3 is 11.8 Å². The maximum Gasteiger partial charge on any atom is 0.312 e. The summed E-state index contributed by atoms with van der Waals surface area (Å²) in [5, 5.41) is 8.79. The third-order valence-electron chi connectivity index (χ3n) is 2.70. The normalized spacial score (nSPS) is 16.3. The minimum atomic E-state index is -0.486. The van der Waals surface area contributed by atoms with Crippen molar-refractivity contribution in [3.05, 3.63) is 5.01 Å². The number of nitrogens with one attached hydrogen (secondary N) is 1. The van der Waals surface area contributed by atoms with E-state index in [0.717, 1.165) is 0 Å². The number of hydrazine groups is 1. The van der Waals surface area contributed by atoms with Crippen LogP contribution in [0.3, 0.4) is 0 Å². The van der Waals surface area contributed by atoms with Crippen molar-refractivity contribution in [2.24, 2.45) is 5.84 Å². The second-order valence-corrected chi connectivity index (χ2v) is 4.82. The number of rotatable bonds is 4. The molecule has 8 nitrogen and oxygen atoms in total. The number of nitrogens with zero attached hydrogens (tertiary/aromatic N) is 4. The Morgan fingerprint density at radius 3 is 2.56 bits per heavy atom. The summed E-state index contributed by atoms with van der Waals surface area (Å²) >= 11 is 1.26. The molecular weight excluding hydrogens is 256 g/mol. The highest BCUT2D eigenvalue weighted by Gasteiger charge is 2.31. The number of carbonyl (C=O) groups excluding carboxylic acids is 2. The number of amides is 2. The summed E-state index contributed by atoms with van der Waals surface area (Å²) in [6, 6.07) is 0. The van der Waals surface area contributed by atoms with Gasteiger partial charge in [0.05, 0.1) is 6.54 Å². The van der Waals surface area contributed by atoms with Gasteiger partial charge in [0.25, 0.3) is 0 Å². The van der Waals surface area contributed by atoms with Gasteiger partial charge in [-0.2, -0.15) is 0 Å². The van der Waals surface area contributed by atoms with E-state index in [1.807, 2.05) is 6.92 Å². The molecule has 0 bridgehead atoms. The summed E-state index contributed by atoms with van der Waals surface area (Å²) in [4.78, 5) is 26.5. The number of piperazine rings is 1. The first-order chi connectivity index (χ1) is 8.65. The zero-order valence-corrected chi connectivity index (χ0v) is 10.7. The number of carbonyl (C=O) groups is 2. The Morgan fingerprint density at radius 2 is 1.94 bits per heavy atom. The molecule has 0 radical (unpaired) electrons. The minimum absolute atomic E-state index is 0.293. The van der Waals surface area contributed by atoms with Crippen LogP contribution in [0, 0.1) is 0 Å². The standard InChI is InChI=1S/C9H14N6O2S/c1-2-14-3-4-15(8(17)7(14)16)5-6-12-13-9(11-10)18-6/h2-5,10H2,1H3,(H,11,13). The van der Waals surface area contributed by atoms with Crippen molar-refractivity contribution >= 4 is 28.3 Å². The average Bonchev–Trinajstić information content (AvgIpc) is 2.83. The fraction of sp³-hybridized carbons (Fsp3) is 0.556. The van der Waals surface area contributed by atoms with E-state index in [-0.39, 0.29) is 0 Å². The van der Waals surface area contributed by atoms with Crippen LogP contribution in [-0.4, -0.2) is 51.4 Å². The summed E-state index contributed by atoms with van der Waals surface area (Å²) in [6.07, 6.45) is 0. The van der Waals surface area contributed by atoms with Crippen molar-refractivity contribution in [2.45, 2.75) is 13.5 Å². The van der Waals surface area contributed by atoms with E-state index in [2.05, 4.69) is 15.6 Å². The smallest absolute Gasteiger partial charge is 0.312 e. The maximum absolute atomic E-state index is 11.8. The van der Waals surface area contributed by atoms with E-state index in [1.54, 1.807) is 0 Å². The van der Waals surface area contributed by atoms with E-state index in [4.69, 9.17) is 5.84 Å². The first-order valence-corrected chi connectivity index (χ1v) is 6.34. The summed E-state index contributed by atoms with van der Waals surface area (Å²) in [5.74, 6) is 4.26. The molecular formula is C9H14N6O2S. The topological polar surface area (TPSA) is 104 Å². The Hall–Kier alpha value is -1.74. The molecule has 2 rings (SSSR count). The van der Waals surface area contributed by atoms with Gasteiger partial charge in [0.2, 0.25) is 5.13 Å². The lowest BCUT2D eigenvalue weighted by Crippen LogP contribution is -2.53.